The number of aromatic nitrogens is 2. The quantitative estimate of drug-likeness (QED) is 0.515. The van der Waals surface area contributed by atoms with Crippen molar-refractivity contribution in [1.29, 1.82) is 0 Å². The fourth-order valence-corrected chi connectivity index (χ4v) is 3.05. The molecule has 0 radical (unpaired) electrons. The van der Waals surface area contributed by atoms with E-state index in [1.807, 2.05) is 24.3 Å². The van der Waals surface area contributed by atoms with Gasteiger partial charge in [-0.2, -0.15) is 13.8 Å². The highest BCUT2D eigenvalue weighted by Gasteiger charge is 2.15. The fourth-order valence-electron chi connectivity index (χ4n) is 2.27. The minimum Gasteiger partial charge on any atom is -0.497 e. The number of methoxy groups -OCH3 is 2. The summed E-state index contributed by atoms with van der Waals surface area (Å²) in [5.41, 5.74) is 0.565. The molecule has 0 spiro atoms. The molecule has 1 aromatic heterocycles. The summed E-state index contributed by atoms with van der Waals surface area (Å²) in [6, 6.07) is 12.1. The molecule has 3 rings (SSSR count). The van der Waals surface area contributed by atoms with Crippen LogP contribution in [0.5, 0.6) is 17.2 Å². The number of alkyl halides is 2. The predicted molar refractivity (Wildman–Crippen MR) is 95.5 cm³/mol. The van der Waals surface area contributed by atoms with E-state index in [1.54, 1.807) is 13.2 Å². The molecule has 1 heterocycles. The summed E-state index contributed by atoms with van der Waals surface area (Å²) in [5.74, 6) is 2.11. The standard InChI is InChI=1S/C18H16F2N2O4S/c1-23-12-4-3-5-13(9-12)27-10-16-21-17(22-26-16)11-6-7-14(25-18(19)20)15(8-11)24-2/h3-9,18H,10H2,1-2H3. The number of rotatable bonds is 8. The molecule has 0 bridgehead atoms. The van der Waals surface area contributed by atoms with Crippen LogP contribution in [0, 0.1) is 0 Å². The minimum absolute atomic E-state index is 0.0615. The first-order valence-corrected chi connectivity index (χ1v) is 8.80. The zero-order valence-electron chi connectivity index (χ0n) is 14.5. The summed E-state index contributed by atoms with van der Waals surface area (Å²) < 4.78 is 44.8. The summed E-state index contributed by atoms with van der Waals surface area (Å²) in [6.07, 6.45) is 0. The molecule has 3 aromatic rings. The molecular weight excluding hydrogens is 378 g/mol. The van der Waals surface area contributed by atoms with E-state index in [2.05, 4.69) is 14.9 Å². The van der Waals surface area contributed by atoms with E-state index in [0.29, 0.717) is 23.0 Å². The largest absolute Gasteiger partial charge is 0.497 e. The monoisotopic (exact) mass is 394 g/mol. The predicted octanol–water partition coefficient (Wildman–Crippen LogP) is 4.65. The van der Waals surface area contributed by atoms with Crippen molar-refractivity contribution < 1.29 is 27.5 Å². The van der Waals surface area contributed by atoms with Gasteiger partial charge >= 0.3 is 6.61 Å². The number of halogens is 2. The number of nitrogens with zero attached hydrogens (tertiary/aromatic N) is 2. The number of thioether (sulfide) groups is 1. The highest BCUT2D eigenvalue weighted by atomic mass is 32.2. The third kappa shape index (κ3) is 4.88. The summed E-state index contributed by atoms with van der Waals surface area (Å²) >= 11 is 1.52. The average Bonchev–Trinajstić information content (AvgIpc) is 3.15. The van der Waals surface area contributed by atoms with Gasteiger partial charge in [0.2, 0.25) is 11.7 Å². The maximum atomic E-state index is 12.4. The van der Waals surface area contributed by atoms with E-state index >= 15 is 0 Å². The molecular formula is C18H16F2N2O4S. The lowest BCUT2D eigenvalue weighted by atomic mass is 10.2. The van der Waals surface area contributed by atoms with Gasteiger partial charge in [-0.15, -0.1) is 11.8 Å². The Morgan fingerprint density at radius 3 is 2.67 bits per heavy atom. The van der Waals surface area contributed by atoms with Crippen LogP contribution in [0.15, 0.2) is 51.9 Å². The summed E-state index contributed by atoms with van der Waals surface area (Å²) in [7, 11) is 2.98. The molecule has 0 aliphatic heterocycles. The normalized spacial score (nSPS) is 10.9. The molecule has 6 nitrogen and oxygen atoms in total. The van der Waals surface area contributed by atoms with Crippen molar-refractivity contribution in [3.8, 4) is 28.6 Å². The Morgan fingerprint density at radius 2 is 1.93 bits per heavy atom. The van der Waals surface area contributed by atoms with Gasteiger partial charge in [-0.3, -0.25) is 0 Å². The van der Waals surface area contributed by atoms with Crippen molar-refractivity contribution in [3.05, 3.63) is 48.4 Å². The molecule has 0 saturated carbocycles. The van der Waals surface area contributed by atoms with Crippen molar-refractivity contribution in [2.75, 3.05) is 14.2 Å². The molecule has 0 amide bonds. The molecule has 0 N–H and O–H groups in total. The van der Waals surface area contributed by atoms with Crippen LogP contribution in [-0.2, 0) is 5.75 Å². The molecule has 0 unspecified atom stereocenters. The molecule has 2 aromatic carbocycles. The fraction of sp³-hybridized carbons (Fsp3) is 0.222. The van der Waals surface area contributed by atoms with Crippen LogP contribution in [0.2, 0.25) is 0 Å². The summed E-state index contributed by atoms with van der Waals surface area (Å²) in [5, 5.41) is 3.93. The molecule has 0 saturated heterocycles. The smallest absolute Gasteiger partial charge is 0.387 e. The third-order valence-electron chi connectivity index (χ3n) is 3.51. The van der Waals surface area contributed by atoms with Crippen molar-refractivity contribution in [3.63, 3.8) is 0 Å². The van der Waals surface area contributed by atoms with E-state index in [4.69, 9.17) is 14.0 Å². The second-order valence-electron chi connectivity index (χ2n) is 5.22. The first-order valence-electron chi connectivity index (χ1n) is 7.81. The van der Waals surface area contributed by atoms with Crippen molar-refractivity contribution in [1.82, 2.24) is 10.1 Å². The number of hydrogen-bond acceptors (Lipinski definition) is 7. The van der Waals surface area contributed by atoms with Gasteiger partial charge in [-0.25, -0.2) is 0 Å². The van der Waals surface area contributed by atoms with Crippen LogP contribution < -0.4 is 14.2 Å². The van der Waals surface area contributed by atoms with Crippen LogP contribution >= 0.6 is 11.8 Å². The van der Waals surface area contributed by atoms with Gasteiger partial charge in [0.15, 0.2) is 11.5 Å². The van der Waals surface area contributed by atoms with E-state index < -0.39 is 6.61 Å². The lowest BCUT2D eigenvalue weighted by molar-refractivity contribution is -0.0512. The number of ether oxygens (including phenoxy) is 3. The second-order valence-corrected chi connectivity index (χ2v) is 6.27. The average molecular weight is 394 g/mol. The van der Waals surface area contributed by atoms with E-state index in [1.165, 1.54) is 31.0 Å². The first-order chi connectivity index (χ1) is 13.1. The molecule has 142 valence electrons. The van der Waals surface area contributed by atoms with Crippen LogP contribution in [0.4, 0.5) is 8.78 Å². The topological polar surface area (TPSA) is 66.6 Å². The number of benzene rings is 2. The molecule has 27 heavy (non-hydrogen) atoms. The molecule has 9 heteroatoms. The molecule has 0 fully saturated rings. The maximum Gasteiger partial charge on any atom is 0.387 e. The highest BCUT2D eigenvalue weighted by molar-refractivity contribution is 7.98. The molecule has 0 aliphatic carbocycles. The van der Waals surface area contributed by atoms with E-state index in [9.17, 15) is 8.78 Å². The lowest BCUT2D eigenvalue weighted by Gasteiger charge is -2.10. The van der Waals surface area contributed by atoms with E-state index in [-0.39, 0.29) is 11.5 Å². The first kappa shape index (κ1) is 19.0. The van der Waals surface area contributed by atoms with Gasteiger partial charge in [0, 0.05) is 10.5 Å². The Hall–Kier alpha value is -2.81. The van der Waals surface area contributed by atoms with Gasteiger partial charge in [0.05, 0.1) is 20.0 Å². The lowest BCUT2D eigenvalue weighted by Crippen LogP contribution is -2.03. The highest BCUT2D eigenvalue weighted by Crippen LogP contribution is 2.33. The van der Waals surface area contributed by atoms with Crippen LogP contribution in [-0.4, -0.2) is 31.0 Å². The third-order valence-corrected chi connectivity index (χ3v) is 4.49. The Labute approximate surface area is 158 Å². The van der Waals surface area contributed by atoms with Crippen LogP contribution in [0.25, 0.3) is 11.4 Å². The van der Waals surface area contributed by atoms with Gasteiger partial charge in [0.1, 0.15) is 5.75 Å². The van der Waals surface area contributed by atoms with Gasteiger partial charge < -0.3 is 18.7 Å². The summed E-state index contributed by atoms with van der Waals surface area (Å²) in [6.45, 7) is -2.94. The zero-order valence-corrected chi connectivity index (χ0v) is 15.3. The van der Waals surface area contributed by atoms with Crippen molar-refractivity contribution >= 4 is 11.8 Å². The second kappa shape index (κ2) is 8.72. The molecule has 0 aliphatic rings. The van der Waals surface area contributed by atoms with Gasteiger partial charge in [0.25, 0.3) is 0 Å². The Bertz CT molecular complexity index is 905. The molecule has 0 atom stereocenters. The van der Waals surface area contributed by atoms with Crippen molar-refractivity contribution in [2.45, 2.75) is 17.3 Å². The van der Waals surface area contributed by atoms with Crippen LogP contribution in [0.1, 0.15) is 5.89 Å². The Balaban J connectivity index is 1.71. The minimum atomic E-state index is -2.94. The zero-order chi connectivity index (χ0) is 19.2. The summed E-state index contributed by atoms with van der Waals surface area (Å²) in [4.78, 5) is 5.33. The Morgan fingerprint density at radius 1 is 1.07 bits per heavy atom. The number of hydrogen-bond donors (Lipinski definition) is 0. The van der Waals surface area contributed by atoms with Crippen LogP contribution in [0.3, 0.4) is 0 Å². The SMILES string of the molecule is COc1cccc(SCc2nc(-c3ccc(OC(F)F)c(OC)c3)no2)c1. The van der Waals surface area contributed by atoms with Crippen molar-refractivity contribution in [2.24, 2.45) is 0 Å². The van der Waals surface area contributed by atoms with Gasteiger partial charge in [-0.05, 0) is 36.4 Å². The van der Waals surface area contributed by atoms with E-state index in [0.717, 1.165) is 10.6 Å². The van der Waals surface area contributed by atoms with Gasteiger partial charge in [-0.1, -0.05) is 11.2 Å². The maximum absolute atomic E-state index is 12.4. The Kier molecular flexibility index (Phi) is 6.12.